The molecule has 0 spiro atoms. The first-order chi connectivity index (χ1) is 20.8. The van der Waals surface area contributed by atoms with Crippen molar-refractivity contribution in [2.24, 2.45) is 0 Å². The highest BCUT2D eigenvalue weighted by Crippen LogP contribution is 2.31. The number of carbonyl (C=O) groups is 2. The molecule has 4 aromatic rings. The van der Waals surface area contributed by atoms with Gasteiger partial charge in [-0.05, 0) is 62.0 Å². The molecule has 222 valence electrons. The highest BCUT2D eigenvalue weighted by molar-refractivity contribution is 6.18. The second kappa shape index (κ2) is 11.8. The number of halogens is 2. The predicted molar refractivity (Wildman–Crippen MR) is 162 cm³/mol. The molecule has 2 aliphatic heterocycles. The summed E-state index contributed by atoms with van der Waals surface area (Å²) < 4.78 is 27.5. The lowest BCUT2D eigenvalue weighted by Crippen LogP contribution is -2.44. The molecule has 3 N–H and O–H groups in total. The van der Waals surface area contributed by atoms with Crippen molar-refractivity contribution in [2.45, 2.75) is 12.5 Å². The Morgan fingerprint density at radius 3 is 2.51 bits per heavy atom. The molecule has 43 heavy (non-hydrogen) atoms. The van der Waals surface area contributed by atoms with Crippen LogP contribution in [0.3, 0.4) is 0 Å². The van der Waals surface area contributed by atoms with Crippen LogP contribution in [0.5, 0.6) is 0 Å². The Kier molecular flexibility index (Phi) is 7.76. The van der Waals surface area contributed by atoms with Gasteiger partial charge in [-0.2, -0.15) is 9.97 Å². The summed E-state index contributed by atoms with van der Waals surface area (Å²) in [5, 5.41) is 7.06. The lowest BCUT2D eigenvalue weighted by atomic mass is 10.0. The Bertz CT molecular complexity index is 1680. The fourth-order valence-electron chi connectivity index (χ4n) is 5.52. The molecule has 0 bridgehead atoms. The van der Waals surface area contributed by atoms with Crippen molar-refractivity contribution in [1.82, 2.24) is 24.8 Å². The molecule has 2 saturated heterocycles. The molecular formula is C31H32F2N8O2. The Hall–Kier alpha value is -4.84. The van der Waals surface area contributed by atoms with E-state index in [1.165, 1.54) is 18.3 Å². The van der Waals surface area contributed by atoms with Crippen LogP contribution in [0.4, 0.5) is 31.9 Å². The second-order valence-electron chi connectivity index (χ2n) is 10.9. The molecule has 0 saturated carbocycles. The van der Waals surface area contributed by atoms with Crippen LogP contribution in [0.15, 0.2) is 61.3 Å². The molecule has 2 aromatic carbocycles. The quantitative estimate of drug-likeness (QED) is 0.209. The Morgan fingerprint density at radius 2 is 1.79 bits per heavy atom. The number of aromatic amines is 1. The molecule has 1 atom stereocenters. The molecule has 2 aliphatic rings. The molecule has 1 amide bonds. The van der Waals surface area contributed by atoms with Gasteiger partial charge in [-0.15, -0.1) is 0 Å². The van der Waals surface area contributed by atoms with E-state index < -0.39 is 17.4 Å². The maximum Gasteiger partial charge on any atom is 0.246 e. The van der Waals surface area contributed by atoms with Gasteiger partial charge in [0.05, 0.1) is 10.9 Å². The smallest absolute Gasteiger partial charge is 0.246 e. The molecule has 6 rings (SSSR count). The maximum absolute atomic E-state index is 14.0. The molecule has 10 nitrogen and oxygen atoms in total. The van der Waals surface area contributed by atoms with E-state index in [2.05, 4.69) is 56.2 Å². The third-order valence-corrected chi connectivity index (χ3v) is 7.97. The van der Waals surface area contributed by atoms with Crippen LogP contribution < -0.4 is 15.5 Å². The molecule has 12 heteroatoms. The van der Waals surface area contributed by atoms with Crippen molar-refractivity contribution < 1.29 is 18.4 Å². The van der Waals surface area contributed by atoms with Crippen LogP contribution in [0.2, 0.25) is 0 Å². The topological polar surface area (TPSA) is 109 Å². The first kappa shape index (κ1) is 28.3. The summed E-state index contributed by atoms with van der Waals surface area (Å²) in [5.74, 6) is -2.13. The lowest BCUT2D eigenvalue weighted by molar-refractivity contribution is -0.125. The van der Waals surface area contributed by atoms with Gasteiger partial charge in [0.15, 0.2) is 17.4 Å². The third-order valence-electron chi connectivity index (χ3n) is 7.97. The largest absolute Gasteiger partial charge is 0.369 e. The Morgan fingerprint density at radius 1 is 1.02 bits per heavy atom. The van der Waals surface area contributed by atoms with Crippen molar-refractivity contribution in [2.75, 3.05) is 61.8 Å². The highest BCUT2D eigenvalue weighted by atomic mass is 19.2. The summed E-state index contributed by atoms with van der Waals surface area (Å²) in [7, 11) is 2.12. The van der Waals surface area contributed by atoms with Gasteiger partial charge in [0, 0.05) is 68.4 Å². The zero-order valence-corrected chi connectivity index (χ0v) is 23.7. The number of hydrogen-bond acceptors (Lipinski definition) is 8. The fourth-order valence-corrected chi connectivity index (χ4v) is 5.52. The number of hydrogen-bond donors (Lipinski definition) is 3. The highest BCUT2D eigenvalue weighted by Gasteiger charge is 2.28. The van der Waals surface area contributed by atoms with Crippen LogP contribution in [0, 0.1) is 11.6 Å². The molecule has 2 aromatic heterocycles. The second-order valence-corrected chi connectivity index (χ2v) is 10.9. The number of likely N-dealkylation sites (tertiary alicyclic amines) is 1. The van der Waals surface area contributed by atoms with E-state index in [1.54, 1.807) is 4.90 Å². The summed E-state index contributed by atoms with van der Waals surface area (Å²) in [5.41, 5.74) is 2.52. The number of amides is 1. The van der Waals surface area contributed by atoms with Gasteiger partial charge in [0.1, 0.15) is 11.5 Å². The number of rotatable bonds is 8. The number of nitrogens with one attached hydrogen (secondary N) is 3. The van der Waals surface area contributed by atoms with E-state index in [9.17, 15) is 18.4 Å². The van der Waals surface area contributed by atoms with Crippen LogP contribution in [0.25, 0.3) is 11.0 Å². The average Bonchev–Trinajstić information content (AvgIpc) is 3.66. The number of ketones is 1. The number of benzene rings is 2. The fraction of sp³-hybridized carbons (Fsp3) is 0.290. The molecule has 0 unspecified atom stereocenters. The zero-order valence-electron chi connectivity index (χ0n) is 23.7. The molecular weight excluding hydrogens is 554 g/mol. The maximum atomic E-state index is 14.0. The normalized spacial score (nSPS) is 17.3. The standard InChI is InChI=1S/C31H32F2N8O2/c1-3-26(42)41-11-10-21(18-41)35-30-27-23(28(43)19-4-9-24(32)25(33)16-19)17-34-29(27)37-31(38-30)36-20-5-7-22(8-6-20)40-14-12-39(2)13-15-40/h3-9,16-17,21H,1,10-15,18H2,2H3,(H3,34,35,36,37,38)/t21-/m0/s1. The number of fused-ring (bicyclic) bond motifs is 1. The monoisotopic (exact) mass is 586 g/mol. The molecule has 4 heterocycles. The molecule has 0 radical (unpaired) electrons. The Labute approximate surface area is 247 Å². The van der Waals surface area contributed by atoms with Gasteiger partial charge in [-0.3, -0.25) is 9.59 Å². The van der Waals surface area contributed by atoms with Crippen molar-refractivity contribution in [3.63, 3.8) is 0 Å². The van der Waals surface area contributed by atoms with Gasteiger partial charge in [-0.1, -0.05) is 6.58 Å². The van der Waals surface area contributed by atoms with Crippen molar-refractivity contribution in [3.8, 4) is 0 Å². The first-order valence-electron chi connectivity index (χ1n) is 14.2. The number of aromatic nitrogens is 3. The number of anilines is 4. The van der Waals surface area contributed by atoms with Gasteiger partial charge >= 0.3 is 0 Å². The number of nitrogens with zero attached hydrogens (tertiary/aromatic N) is 5. The Balaban J connectivity index is 1.31. The first-order valence-corrected chi connectivity index (χ1v) is 14.2. The lowest BCUT2D eigenvalue weighted by Gasteiger charge is -2.34. The SMILES string of the molecule is C=CC(=O)N1CC[C@H](Nc2nc(Nc3ccc(N4CCN(C)CC4)cc3)nc3[nH]cc(C(=O)c4ccc(F)c(F)c4)c23)C1. The van der Waals surface area contributed by atoms with Crippen LogP contribution in [-0.4, -0.2) is 88.8 Å². The van der Waals surface area contributed by atoms with E-state index in [4.69, 9.17) is 4.98 Å². The minimum Gasteiger partial charge on any atom is -0.369 e. The van der Waals surface area contributed by atoms with Crippen LogP contribution in [0.1, 0.15) is 22.3 Å². The van der Waals surface area contributed by atoms with E-state index in [0.29, 0.717) is 42.3 Å². The van der Waals surface area contributed by atoms with Crippen molar-refractivity contribution in [3.05, 3.63) is 84.1 Å². The summed E-state index contributed by atoms with van der Waals surface area (Å²) in [6.45, 7) is 8.52. The third kappa shape index (κ3) is 5.91. The number of piperazine rings is 1. The summed E-state index contributed by atoms with van der Waals surface area (Å²) in [4.78, 5) is 44.3. The van der Waals surface area contributed by atoms with E-state index >= 15 is 0 Å². The van der Waals surface area contributed by atoms with Gasteiger partial charge in [0.25, 0.3) is 0 Å². The number of carbonyl (C=O) groups excluding carboxylic acids is 2. The predicted octanol–water partition coefficient (Wildman–Crippen LogP) is 4.16. The van der Waals surface area contributed by atoms with Gasteiger partial charge in [-0.25, -0.2) is 8.78 Å². The minimum absolute atomic E-state index is 0.00277. The average molecular weight is 587 g/mol. The van der Waals surface area contributed by atoms with E-state index in [1.807, 2.05) is 12.1 Å². The number of likely N-dealkylation sites (N-methyl/N-ethyl adjacent to an activating group) is 1. The van der Waals surface area contributed by atoms with Crippen molar-refractivity contribution in [1.29, 1.82) is 0 Å². The summed E-state index contributed by atoms with van der Waals surface area (Å²) >= 11 is 0. The van der Waals surface area contributed by atoms with Gasteiger partial charge < -0.3 is 30.3 Å². The minimum atomic E-state index is -1.11. The summed E-state index contributed by atoms with van der Waals surface area (Å²) in [6.07, 6.45) is 3.44. The van der Waals surface area contributed by atoms with E-state index in [-0.39, 0.29) is 23.1 Å². The van der Waals surface area contributed by atoms with Gasteiger partial charge in [0.2, 0.25) is 11.9 Å². The van der Waals surface area contributed by atoms with Crippen LogP contribution >= 0.6 is 0 Å². The zero-order chi connectivity index (χ0) is 30.1. The molecule has 2 fully saturated rings. The summed E-state index contributed by atoms with van der Waals surface area (Å²) in [6, 6.07) is 11.0. The number of H-pyrrole nitrogens is 1. The van der Waals surface area contributed by atoms with E-state index in [0.717, 1.165) is 49.7 Å². The molecule has 0 aliphatic carbocycles. The van der Waals surface area contributed by atoms with Crippen molar-refractivity contribution >= 4 is 45.9 Å². The van der Waals surface area contributed by atoms with Crippen LogP contribution in [-0.2, 0) is 4.79 Å².